The zero-order valence-electron chi connectivity index (χ0n) is 14.4. The highest BCUT2D eigenvalue weighted by Gasteiger charge is 2.39. The van der Waals surface area contributed by atoms with E-state index in [1.54, 1.807) is 18.2 Å². The van der Waals surface area contributed by atoms with Crippen LogP contribution >= 0.6 is 0 Å². The minimum atomic E-state index is -1.33. The van der Waals surface area contributed by atoms with Gasteiger partial charge < -0.3 is 19.9 Å². The van der Waals surface area contributed by atoms with Crippen molar-refractivity contribution in [2.45, 2.75) is 26.1 Å². The number of carboxylic acids is 1. The van der Waals surface area contributed by atoms with Crippen LogP contribution in [0.5, 0.6) is 0 Å². The minimum Gasteiger partial charge on any atom is -0.477 e. The first-order valence-electron chi connectivity index (χ1n) is 7.83. The summed E-state index contributed by atoms with van der Waals surface area (Å²) in [4.78, 5) is 46.7. The molecule has 10 nitrogen and oxygen atoms in total. The van der Waals surface area contributed by atoms with E-state index in [-0.39, 0.29) is 17.7 Å². The van der Waals surface area contributed by atoms with E-state index in [1.807, 2.05) is 0 Å². The van der Waals surface area contributed by atoms with Crippen LogP contribution in [-0.2, 0) is 28.7 Å². The molecule has 2 N–H and O–H groups in total. The van der Waals surface area contributed by atoms with Crippen LogP contribution in [0, 0.1) is 0 Å². The summed E-state index contributed by atoms with van der Waals surface area (Å²) in [6.07, 6.45) is 0.835. The average molecular weight is 373 g/mol. The number of carbonyl (C=O) groups excluding carboxylic acids is 3. The summed E-state index contributed by atoms with van der Waals surface area (Å²) >= 11 is 0. The van der Waals surface area contributed by atoms with Crippen molar-refractivity contribution in [3.8, 4) is 0 Å². The molecule has 1 saturated heterocycles. The van der Waals surface area contributed by atoms with Crippen LogP contribution in [0.2, 0.25) is 0 Å². The number of carboxylic acid groups (broad SMARTS) is 1. The van der Waals surface area contributed by atoms with Crippen LogP contribution in [0.25, 0.3) is 0 Å². The summed E-state index contributed by atoms with van der Waals surface area (Å²) in [7, 11) is 0. The molecule has 1 fully saturated rings. The normalized spacial score (nSPS) is 18.6. The fraction of sp³-hybridized carbons (Fsp3) is 0.235. The molecular formula is C17H15N3O7. The van der Waals surface area contributed by atoms with E-state index in [0.717, 1.165) is 11.2 Å². The van der Waals surface area contributed by atoms with Crippen molar-refractivity contribution >= 4 is 40.9 Å². The summed E-state index contributed by atoms with van der Waals surface area (Å²) in [6, 6.07) is 6.29. The lowest BCUT2D eigenvalue weighted by atomic mass is 10.2. The number of rotatable bonds is 4. The number of ether oxygens (including phenoxy) is 2. The Morgan fingerprint density at radius 1 is 1.26 bits per heavy atom. The monoisotopic (exact) mass is 373 g/mol. The zero-order chi connectivity index (χ0) is 19.8. The molecule has 10 heteroatoms. The van der Waals surface area contributed by atoms with Gasteiger partial charge in [0.25, 0.3) is 11.7 Å². The molecule has 2 aliphatic heterocycles. The molecule has 0 aliphatic carbocycles. The number of esters is 2. The van der Waals surface area contributed by atoms with E-state index in [2.05, 4.69) is 10.4 Å². The third-order valence-electron chi connectivity index (χ3n) is 3.61. The van der Waals surface area contributed by atoms with Gasteiger partial charge in [-0.1, -0.05) is 6.07 Å². The first-order valence-corrected chi connectivity index (χ1v) is 7.83. The van der Waals surface area contributed by atoms with E-state index in [9.17, 15) is 19.2 Å². The number of anilines is 2. The lowest BCUT2D eigenvalue weighted by Crippen LogP contribution is -2.42. The van der Waals surface area contributed by atoms with Gasteiger partial charge in [0.05, 0.1) is 12.1 Å². The molecule has 1 amide bonds. The standard InChI is InChI=1S/C17H15N3O7/c1-17(2)26-15(24)11(16(25)27-17)8-18-9-4-3-5-10(6-9)20-13(21)7-12(19-20)14(22)23/h3-6,8,18H,7H2,1-2H3,(H,22,23). The number of nitrogens with zero attached hydrogens (tertiary/aromatic N) is 2. The second-order valence-electron chi connectivity index (χ2n) is 6.17. The molecule has 27 heavy (non-hydrogen) atoms. The van der Waals surface area contributed by atoms with Gasteiger partial charge >= 0.3 is 17.9 Å². The first-order chi connectivity index (χ1) is 12.7. The number of nitrogens with one attached hydrogen (secondary N) is 1. The second-order valence-corrected chi connectivity index (χ2v) is 6.17. The van der Waals surface area contributed by atoms with Crippen molar-refractivity contribution < 1.29 is 33.8 Å². The summed E-state index contributed by atoms with van der Waals surface area (Å²) in [5.74, 6) is -4.73. The van der Waals surface area contributed by atoms with Gasteiger partial charge in [0.15, 0.2) is 11.3 Å². The van der Waals surface area contributed by atoms with E-state index < -0.39 is 29.6 Å². The molecule has 0 radical (unpaired) electrons. The molecule has 0 unspecified atom stereocenters. The van der Waals surface area contributed by atoms with E-state index >= 15 is 0 Å². The molecule has 140 valence electrons. The average Bonchev–Trinajstić information content (AvgIpc) is 2.95. The molecule has 0 bridgehead atoms. The van der Waals surface area contributed by atoms with Gasteiger partial charge in [-0.2, -0.15) is 10.1 Å². The Morgan fingerprint density at radius 2 is 1.93 bits per heavy atom. The fourth-order valence-electron chi connectivity index (χ4n) is 2.41. The highest BCUT2D eigenvalue weighted by Crippen LogP contribution is 2.25. The molecular weight excluding hydrogens is 358 g/mol. The quantitative estimate of drug-likeness (QED) is 0.453. The number of amides is 1. The van der Waals surface area contributed by atoms with Crippen molar-refractivity contribution in [2.75, 3.05) is 10.3 Å². The number of aliphatic carboxylic acids is 1. The second kappa shape index (κ2) is 6.56. The van der Waals surface area contributed by atoms with Crippen LogP contribution in [0.3, 0.4) is 0 Å². The van der Waals surface area contributed by atoms with Gasteiger partial charge in [-0.25, -0.2) is 14.4 Å². The van der Waals surface area contributed by atoms with Crippen LogP contribution in [0.15, 0.2) is 41.1 Å². The molecule has 2 heterocycles. The number of hydrazone groups is 1. The van der Waals surface area contributed by atoms with Crippen molar-refractivity contribution in [3.05, 3.63) is 36.0 Å². The Morgan fingerprint density at radius 3 is 2.52 bits per heavy atom. The highest BCUT2D eigenvalue weighted by molar-refractivity contribution is 6.42. The van der Waals surface area contributed by atoms with Gasteiger partial charge in [-0.05, 0) is 18.2 Å². The van der Waals surface area contributed by atoms with Crippen molar-refractivity contribution in [1.29, 1.82) is 0 Å². The maximum absolute atomic E-state index is 11.9. The molecule has 0 aromatic heterocycles. The molecule has 0 spiro atoms. The van der Waals surface area contributed by atoms with Crippen LogP contribution in [0.4, 0.5) is 11.4 Å². The first kappa shape index (κ1) is 18.1. The van der Waals surface area contributed by atoms with Gasteiger partial charge in [-0.3, -0.25) is 4.79 Å². The van der Waals surface area contributed by atoms with E-state index in [4.69, 9.17) is 14.6 Å². The van der Waals surface area contributed by atoms with Gasteiger partial charge in [0.2, 0.25) is 0 Å². The summed E-state index contributed by atoms with van der Waals surface area (Å²) in [6.45, 7) is 2.88. The Hall–Kier alpha value is -3.69. The molecule has 2 aliphatic rings. The molecule has 1 aromatic carbocycles. The van der Waals surface area contributed by atoms with Crippen LogP contribution in [0.1, 0.15) is 20.3 Å². The van der Waals surface area contributed by atoms with Gasteiger partial charge in [0.1, 0.15) is 0 Å². The Kier molecular flexibility index (Phi) is 4.40. The van der Waals surface area contributed by atoms with Crippen molar-refractivity contribution in [1.82, 2.24) is 0 Å². The lowest BCUT2D eigenvalue weighted by Gasteiger charge is -2.29. The number of cyclic esters (lactones) is 2. The lowest BCUT2D eigenvalue weighted by molar-refractivity contribution is -0.222. The fourth-order valence-corrected chi connectivity index (χ4v) is 2.41. The molecule has 0 saturated carbocycles. The third kappa shape index (κ3) is 3.78. The predicted molar refractivity (Wildman–Crippen MR) is 91.6 cm³/mol. The summed E-state index contributed by atoms with van der Waals surface area (Å²) < 4.78 is 9.96. The highest BCUT2D eigenvalue weighted by atomic mass is 16.7. The third-order valence-corrected chi connectivity index (χ3v) is 3.61. The summed E-state index contributed by atoms with van der Waals surface area (Å²) in [5, 5.41) is 16.5. The van der Waals surface area contributed by atoms with Gasteiger partial charge in [0, 0.05) is 25.7 Å². The number of carbonyl (C=O) groups is 4. The van der Waals surface area contributed by atoms with Crippen molar-refractivity contribution in [2.24, 2.45) is 5.10 Å². The topological polar surface area (TPSA) is 135 Å². The Bertz CT molecular complexity index is 895. The number of benzene rings is 1. The van der Waals surface area contributed by atoms with Crippen LogP contribution < -0.4 is 10.3 Å². The van der Waals surface area contributed by atoms with E-state index in [1.165, 1.54) is 19.9 Å². The maximum Gasteiger partial charge on any atom is 0.352 e. The Balaban J connectivity index is 1.79. The SMILES string of the molecule is CC1(C)OC(=O)C(=CNc2cccc(N3N=C(C(=O)O)CC3=O)c2)C(=O)O1. The molecule has 1 aromatic rings. The maximum atomic E-state index is 11.9. The Labute approximate surface area is 153 Å². The largest absolute Gasteiger partial charge is 0.477 e. The van der Waals surface area contributed by atoms with Gasteiger partial charge in [-0.15, -0.1) is 0 Å². The van der Waals surface area contributed by atoms with Crippen LogP contribution in [-0.4, -0.2) is 40.4 Å². The smallest absolute Gasteiger partial charge is 0.352 e. The zero-order valence-corrected chi connectivity index (χ0v) is 14.4. The summed E-state index contributed by atoms with van der Waals surface area (Å²) in [5.41, 5.74) is 0.186. The minimum absolute atomic E-state index is 0.254. The number of hydrogen-bond acceptors (Lipinski definition) is 8. The van der Waals surface area contributed by atoms with Crippen molar-refractivity contribution in [3.63, 3.8) is 0 Å². The number of hydrogen-bond donors (Lipinski definition) is 2. The molecule has 0 atom stereocenters. The predicted octanol–water partition coefficient (Wildman–Crippen LogP) is 0.996. The molecule has 3 rings (SSSR count). The van der Waals surface area contributed by atoms with E-state index in [0.29, 0.717) is 11.4 Å².